The molecule has 104 valence electrons. The van der Waals surface area contributed by atoms with Gasteiger partial charge >= 0.3 is 0 Å². The van der Waals surface area contributed by atoms with Gasteiger partial charge in [0.2, 0.25) is 0 Å². The summed E-state index contributed by atoms with van der Waals surface area (Å²) in [6.07, 6.45) is 3.26. The predicted octanol–water partition coefficient (Wildman–Crippen LogP) is 4.85. The highest BCUT2D eigenvalue weighted by Crippen LogP contribution is 2.21. The lowest BCUT2D eigenvalue weighted by Gasteiger charge is -2.06. The van der Waals surface area contributed by atoms with Crippen molar-refractivity contribution in [1.82, 2.24) is 0 Å². The van der Waals surface area contributed by atoms with Crippen LogP contribution < -0.4 is 5.32 Å². The van der Waals surface area contributed by atoms with Crippen LogP contribution in [0.4, 0.5) is 5.69 Å². The first kappa shape index (κ1) is 13.5. The molecule has 0 aliphatic rings. The van der Waals surface area contributed by atoms with Crippen LogP contribution in [-0.4, -0.2) is 5.91 Å². The lowest BCUT2D eigenvalue weighted by molar-refractivity contribution is 0.102. The van der Waals surface area contributed by atoms with Gasteiger partial charge in [0.1, 0.15) is 0 Å². The summed E-state index contributed by atoms with van der Waals surface area (Å²) in [6.45, 7) is 0. The lowest BCUT2D eigenvalue weighted by atomic mass is 10.1. The van der Waals surface area contributed by atoms with Gasteiger partial charge in [0.25, 0.3) is 5.91 Å². The first-order valence-electron chi connectivity index (χ1n) is 6.42. The van der Waals surface area contributed by atoms with Gasteiger partial charge in [-0.3, -0.25) is 4.79 Å². The number of hydrogen-bond donors (Lipinski definition) is 1. The number of carbonyl (C=O) groups is 1. The molecular formula is C17H12ClNO2. The maximum Gasteiger partial charge on any atom is 0.255 e. The van der Waals surface area contributed by atoms with Crippen LogP contribution in [0.5, 0.6) is 0 Å². The normalized spacial score (nSPS) is 10.3. The molecule has 0 unspecified atom stereocenters. The summed E-state index contributed by atoms with van der Waals surface area (Å²) in [6, 6.07) is 16.2. The van der Waals surface area contributed by atoms with Gasteiger partial charge in [-0.1, -0.05) is 23.7 Å². The molecule has 1 N–H and O–H groups in total. The van der Waals surface area contributed by atoms with E-state index >= 15 is 0 Å². The summed E-state index contributed by atoms with van der Waals surface area (Å²) in [5.74, 6) is -0.164. The van der Waals surface area contributed by atoms with Gasteiger partial charge in [-0.05, 0) is 48.0 Å². The van der Waals surface area contributed by atoms with Crippen molar-refractivity contribution in [1.29, 1.82) is 0 Å². The average Bonchev–Trinajstić information content (AvgIpc) is 3.04. The molecule has 1 aromatic heterocycles. The van der Waals surface area contributed by atoms with E-state index in [1.54, 1.807) is 42.9 Å². The number of rotatable bonds is 3. The van der Waals surface area contributed by atoms with Crippen molar-refractivity contribution in [2.75, 3.05) is 5.32 Å². The quantitative estimate of drug-likeness (QED) is 0.750. The fourth-order valence-electron chi connectivity index (χ4n) is 2.01. The Hall–Kier alpha value is -2.52. The van der Waals surface area contributed by atoms with E-state index in [4.69, 9.17) is 16.0 Å². The molecule has 0 saturated heterocycles. The highest BCUT2D eigenvalue weighted by Gasteiger charge is 2.08. The summed E-state index contributed by atoms with van der Waals surface area (Å²) < 4.78 is 5.06. The van der Waals surface area contributed by atoms with Crippen LogP contribution in [0.1, 0.15) is 10.4 Å². The van der Waals surface area contributed by atoms with E-state index in [0.29, 0.717) is 16.3 Å². The number of amides is 1. The molecule has 0 bridgehead atoms. The predicted molar refractivity (Wildman–Crippen MR) is 83.5 cm³/mol. The minimum Gasteiger partial charge on any atom is -0.472 e. The van der Waals surface area contributed by atoms with E-state index < -0.39 is 0 Å². The molecule has 0 aliphatic carbocycles. The Balaban J connectivity index is 1.81. The van der Waals surface area contributed by atoms with Crippen molar-refractivity contribution in [3.8, 4) is 11.1 Å². The number of nitrogens with one attached hydrogen (secondary N) is 1. The molecule has 1 amide bonds. The SMILES string of the molecule is O=C(Nc1ccc(Cl)cc1)c1cccc(-c2ccoc2)c1. The van der Waals surface area contributed by atoms with E-state index in [2.05, 4.69) is 5.32 Å². The minimum atomic E-state index is -0.164. The van der Waals surface area contributed by atoms with E-state index in [1.807, 2.05) is 24.3 Å². The monoisotopic (exact) mass is 297 g/mol. The average molecular weight is 298 g/mol. The van der Waals surface area contributed by atoms with Crippen LogP contribution in [0, 0.1) is 0 Å². The van der Waals surface area contributed by atoms with Gasteiger partial charge in [-0.15, -0.1) is 0 Å². The Morgan fingerprint density at radius 2 is 1.81 bits per heavy atom. The summed E-state index contributed by atoms with van der Waals surface area (Å²) in [7, 11) is 0. The molecule has 0 atom stereocenters. The fraction of sp³-hybridized carbons (Fsp3) is 0. The largest absolute Gasteiger partial charge is 0.472 e. The number of halogens is 1. The van der Waals surface area contributed by atoms with Crippen LogP contribution in [0.2, 0.25) is 5.02 Å². The summed E-state index contributed by atoms with van der Waals surface area (Å²) in [5, 5.41) is 3.47. The first-order valence-corrected chi connectivity index (χ1v) is 6.80. The number of hydrogen-bond acceptors (Lipinski definition) is 2. The third kappa shape index (κ3) is 3.15. The van der Waals surface area contributed by atoms with Crippen molar-refractivity contribution in [2.24, 2.45) is 0 Å². The second-order valence-electron chi connectivity index (χ2n) is 4.55. The third-order valence-corrected chi connectivity index (χ3v) is 3.33. The Morgan fingerprint density at radius 3 is 2.52 bits per heavy atom. The summed E-state index contributed by atoms with van der Waals surface area (Å²) in [5.41, 5.74) is 3.17. The van der Waals surface area contributed by atoms with Gasteiger partial charge in [0.15, 0.2) is 0 Å². The first-order chi connectivity index (χ1) is 10.2. The lowest BCUT2D eigenvalue weighted by Crippen LogP contribution is -2.11. The molecular weight excluding hydrogens is 286 g/mol. The number of furan rings is 1. The molecule has 0 saturated carbocycles. The highest BCUT2D eigenvalue weighted by atomic mass is 35.5. The summed E-state index contributed by atoms with van der Waals surface area (Å²) in [4.78, 5) is 12.3. The van der Waals surface area contributed by atoms with Crippen LogP contribution in [-0.2, 0) is 0 Å². The van der Waals surface area contributed by atoms with Crippen molar-refractivity contribution < 1.29 is 9.21 Å². The van der Waals surface area contributed by atoms with E-state index in [9.17, 15) is 4.79 Å². The van der Waals surface area contributed by atoms with Crippen molar-refractivity contribution >= 4 is 23.2 Å². The molecule has 0 aliphatic heterocycles. The molecule has 1 heterocycles. The standard InChI is InChI=1S/C17H12ClNO2/c18-15-4-6-16(7-5-15)19-17(20)13-3-1-2-12(10-13)14-8-9-21-11-14/h1-11H,(H,19,20). The van der Waals surface area contributed by atoms with Gasteiger partial charge in [-0.25, -0.2) is 0 Å². The maximum atomic E-state index is 12.3. The van der Waals surface area contributed by atoms with Crippen LogP contribution in [0.25, 0.3) is 11.1 Å². The molecule has 4 heteroatoms. The van der Waals surface area contributed by atoms with Crippen LogP contribution in [0.3, 0.4) is 0 Å². The van der Waals surface area contributed by atoms with Gasteiger partial charge in [0, 0.05) is 21.8 Å². The van der Waals surface area contributed by atoms with E-state index in [0.717, 1.165) is 11.1 Å². The summed E-state index contributed by atoms with van der Waals surface area (Å²) >= 11 is 5.82. The highest BCUT2D eigenvalue weighted by molar-refractivity contribution is 6.30. The molecule has 0 fully saturated rings. The molecule has 0 spiro atoms. The van der Waals surface area contributed by atoms with Crippen molar-refractivity contribution in [2.45, 2.75) is 0 Å². The smallest absolute Gasteiger partial charge is 0.255 e. The molecule has 0 radical (unpaired) electrons. The zero-order chi connectivity index (χ0) is 14.7. The van der Waals surface area contributed by atoms with Crippen molar-refractivity contribution in [3.05, 3.63) is 77.7 Å². The van der Waals surface area contributed by atoms with Gasteiger partial charge in [-0.2, -0.15) is 0 Å². The minimum absolute atomic E-state index is 0.164. The second-order valence-corrected chi connectivity index (χ2v) is 4.99. The fourth-order valence-corrected chi connectivity index (χ4v) is 2.13. The zero-order valence-electron chi connectivity index (χ0n) is 11.0. The number of benzene rings is 2. The van der Waals surface area contributed by atoms with Crippen molar-refractivity contribution in [3.63, 3.8) is 0 Å². The maximum absolute atomic E-state index is 12.3. The molecule has 3 nitrogen and oxygen atoms in total. The topological polar surface area (TPSA) is 42.2 Å². The van der Waals surface area contributed by atoms with Crippen LogP contribution in [0.15, 0.2) is 71.5 Å². The Bertz CT molecular complexity index is 749. The zero-order valence-corrected chi connectivity index (χ0v) is 11.8. The van der Waals surface area contributed by atoms with E-state index in [1.165, 1.54) is 0 Å². The third-order valence-electron chi connectivity index (χ3n) is 3.08. The van der Waals surface area contributed by atoms with Crippen LogP contribution >= 0.6 is 11.6 Å². The second kappa shape index (κ2) is 5.85. The van der Waals surface area contributed by atoms with Gasteiger partial charge < -0.3 is 9.73 Å². The molecule has 2 aromatic carbocycles. The number of carbonyl (C=O) groups excluding carboxylic acids is 1. The molecule has 3 aromatic rings. The van der Waals surface area contributed by atoms with E-state index in [-0.39, 0.29) is 5.91 Å². The number of anilines is 1. The molecule has 21 heavy (non-hydrogen) atoms. The Morgan fingerprint density at radius 1 is 1.00 bits per heavy atom. The van der Waals surface area contributed by atoms with Gasteiger partial charge in [0.05, 0.1) is 12.5 Å². The Labute approximate surface area is 127 Å². The Kier molecular flexibility index (Phi) is 3.75. The molecule has 3 rings (SSSR count).